The maximum Gasteiger partial charge on any atom is 0.317 e. The van der Waals surface area contributed by atoms with E-state index in [1.807, 2.05) is 0 Å². The third kappa shape index (κ3) is 9.74. The molecule has 0 saturated heterocycles. The molecule has 3 heterocycles. The number of aromatic nitrogens is 5. The molecule has 0 saturated carbocycles. The van der Waals surface area contributed by atoms with Crippen molar-refractivity contribution in [1.82, 2.24) is 34.3 Å². The fourth-order valence-electron chi connectivity index (χ4n) is 3.46. The van der Waals surface area contributed by atoms with E-state index in [0.29, 0.717) is 11.6 Å². The Morgan fingerprint density at radius 2 is 1.13 bits per heavy atom. The Hall–Kier alpha value is -2.95. The Morgan fingerprint density at radius 3 is 1.47 bits per heavy atom. The van der Waals surface area contributed by atoms with Crippen molar-refractivity contribution < 1.29 is 49.2 Å². The molecule has 3 aromatic rings. The zero-order chi connectivity index (χ0) is 28.1. The summed E-state index contributed by atoms with van der Waals surface area (Å²) in [5.41, 5.74) is 0.557. The third-order valence-electron chi connectivity index (χ3n) is 4.71. The molecule has 2 N–H and O–H groups in total. The predicted octanol–water partition coefficient (Wildman–Crippen LogP) is -5.17. The first-order valence-corrected chi connectivity index (χ1v) is 14.1. The average Bonchev–Trinajstić information content (AvgIpc) is 3.40. The second-order valence-electron chi connectivity index (χ2n) is 8.12. The maximum atomic E-state index is 11.1. The van der Waals surface area contributed by atoms with Crippen molar-refractivity contribution in [3.63, 3.8) is 0 Å². The van der Waals surface area contributed by atoms with E-state index in [2.05, 4.69) is 15.2 Å². The molecule has 0 unspecified atom stereocenters. The molecule has 0 spiro atoms. The van der Waals surface area contributed by atoms with Gasteiger partial charge < -0.3 is 39.6 Å². The summed E-state index contributed by atoms with van der Waals surface area (Å²) in [6.45, 7) is -1.80. The van der Waals surface area contributed by atoms with Gasteiger partial charge in [-0.05, 0) is 24.3 Å². The minimum Gasteiger partial charge on any atom is -0.687 e. The van der Waals surface area contributed by atoms with Crippen LogP contribution in [0.3, 0.4) is 0 Å². The molecular formula is C19H21N7O10P2-4. The standard InChI is InChI=1S/C19H25N7O10P2/c27-18(28)10-23(12-37(31,32)33)8-14-4-6-25(21-14)16-2-1-3-17(20-16)26-7-5-15(22-26)9-24(11-19(29)30)13-38(34,35)36/h1-7H,8-13H2,(H,27,28)(H,29,30)(H2,31,32,33)(H2,34,35,36)/p-4. The number of carboxylic acids is 2. The highest BCUT2D eigenvalue weighted by atomic mass is 31.2. The molecule has 0 radical (unpaired) electrons. The lowest BCUT2D eigenvalue weighted by atomic mass is 10.4. The number of carbonyl (C=O) groups is 2. The zero-order valence-corrected chi connectivity index (χ0v) is 21.3. The fourth-order valence-corrected chi connectivity index (χ4v) is 4.84. The van der Waals surface area contributed by atoms with Gasteiger partial charge in [0.2, 0.25) is 0 Å². The highest BCUT2D eigenvalue weighted by Crippen LogP contribution is 2.30. The number of hydrogen-bond acceptors (Lipinski definition) is 13. The van der Waals surface area contributed by atoms with Crippen LogP contribution in [0.4, 0.5) is 0 Å². The van der Waals surface area contributed by atoms with Gasteiger partial charge in [-0.15, -0.1) is 15.9 Å². The highest BCUT2D eigenvalue weighted by molar-refractivity contribution is 7.54. The second-order valence-corrected chi connectivity index (χ2v) is 11.1. The van der Waals surface area contributed by atoms with Crippen molar-refractivity contribution in [3.8, 4) is 11.6 Å². The van der Waals surface area contributed by atoms with Gasteiger partial charge in [-0.3, -0.25) is 19.4 Å². The highest BCUT2D eigenvalue weighted by Gasteiger charge is 2.18. The molecular weight excluding hydrogens is 548 g/mol. The van der Waals surface area contributed by atoms with E-state index < -0.39 is 53.5 Å². The molecule has 3 rings (SSSR count). The minimum absolute atomic E-state index is 0.220. The monoisotopic (exact) mass is 569 g/mol. The van der Waals surface area contributed by atoms with Crippen LogP contribution in [0, 0.1) is 0 Å². The van der Waals surface area contributed by atoms with Gasteiger partial charge in [0, 0.05) is 25.5 Å². The van der Waals surface area contributed by atoms with E-state index in [-0.39, 0.29) is 24.5 Å². The number of hydrogen-bond donors (Lipinski definition) is 2. The topological polar surface area (TPSA) is 268 Å². The quantitative estimate of drug-likeness (QED) is 0.172. The summed E-state index contributed by atoms with van der Waals surface area (Å²) in [6.07, 6.45) is 1.03. The molecule has 0 aliphatic heterocycles. The first kappa shape index (κ1) is 29.6. The van der Waals surface area contributed by atoms with E-state index >= 15 is 0 Å². The molecule has 0 aromatic carbocycles. The molecule has 0 amide bonds. The van der Waals surface area contributed by atoms with Crippen LogP contribution in [0.2, 0.25) is 0 Å². The van der Waals surface area contributed by atoms with Crippen LogP contribution in [-0.4, -0.2) is 82.2 Å². The molecule has 0 aliphatic rings. The summed E-state index contributed by atoms with van der Waals surface area (Å²) in [4.78, 5) is 94.9. The summed E-state index contributed by atoms with van der Waals surface area (Å²) in [5.74, 6) is -2.01. The van der Waals surface area contributed by atoms with Gasteiger partial charge in [-0.25, -0.2) is 14.3 Å². The summed E-state index contributed by atoms with van der Waals surface area (Å²) in [7, 11) is -10.0. The average molecular weight is 569 g/mol. The van der Waals surface area contributed by atoms with E-state index in [4.69, 9.17) is 10.2 Å². The largest absolute Gasteiger partial charge is 0.687 e. The molecule has 19 heteroatoms. The Kier molecular flexibility index (Phi) is 9.56. The number of nitrogens with zero attached hydrogens (tertiary/aromatic N) is 7. The van der Waals surface area contributed by atoms with Gasteiger partial charge in [0.05, 0.1) is 37.0 Å². The second kappa shape index (κ2) is 12.3. The van der Waals surface area contributed by atoms with E-state index in [0.717, 1.165) is 9.80 Å². The van der Waals surface area contributed by atoms with Crippen LogP contribution in [0.1, 0.15) is 11.4 Å². The molecule has 0 fully saturated rings. The van der Waals surface area contributed by atoms with Crippen LogP contribution in [0.25, 0.3) is 11.6 Å². The first-order chi connectivity index (χ1) is 17.7. The lowest BCUT2D eigenvalue weighted by Gasteiger charge is -2.44. The predicted molar refractivity (Wildman–Crippen MR) is 118 cm³/mol. The molecule has 0 bridgehead atoms. The van der Waals surface area contributed by atoms with Crippen molar-refractivity contribution in [3.05, 3.63) is 54.1 Å². The molecule has 206 valence electrons. The van der Waals surface area contributed by atoms with Gasteiger partial charge in [0.15, 0.2) is 11.6 Å². The summed E-state index contributed by atoms with van der Waals surface area (Å²) >= 11 is 0. The number of aliphatic carboxylic acids is 2. The number of carboxylic acid groups (broad SMARTS) is 2. The summed E-state index contributed by atoms with van der Waals surface area (Å²) in [5, 5.41) is 26.4. The maximum absolute atomic E-state index is 11.1. The van der Waals surface area contributed by atoms with Crippen molar-refractivity contribution >= 4 is 27.8 Å². The zero-order valence-electron chi connectivity index (χ0n) is 19.5. The van der Waals surface area contributed by atoms with Crippen molar-refractivity contribution in [2.75, 3.05) is 25.7 Å². The lowest BCUT2D eigenvalue weighted by molar-refractivity contribution is -0.431. The molecule has 0 aliphatic carbocycles. The van der Waals surface area contributed by atoms with Crippen LogP contribution < -0.4 is 29.4 Å². The van der Waals surface area contributed by atoms with Gasteiger partial charge >= 0.3 is 11.9 Å². The Morgan fingerprint density at radius 1 is 0.737 bits per heavy atom. The van der Waals surface area contributed by atoms with E-state index in [1.165, 1.54) is 33.9 Å². The smallest absolute Gasteiger partial charge is 0.317 e. The molecule has 38 heavy (non-hydrogen) atoms. The Balaban J connectivity index is 1.75. The minimum atomic E-state index is -5.00. The Bertz CT molecular complexity index is 1170. The van der Waals surface area contributed by atoms with E-state index in [9.17, 15) is 38.9 Å². The molecule has 17 nitrogen and oxygen atoms in total. The molecule has 3 aromatic heterocycles. The van der Waals surface area contributed by atoms with Crippen molar-refractivity contribution in [2.45, 2.75) is 13.1 Å². The summed E-state index contributed by atoms with van der Waals surface area (Å²) < 4.78 is 2.68. The van der Waals surface area contributed by atoms with Gasteiger partial charge in [0.1, 0.15) is 0 Å². The number of pyridine rings is 1. The Labute approximate surface area is 216 Å². The van der Waals surface area contributed by atoms with Crippen LogP contribution in [0.15, 0.2) is 42.7 Å². The van der Waals surface area contributed by atoms with Crippen molar-refractivity contribution in [2.24, 2.45) is 0 Å². The normalized spacial score (nSPS) is 12.4. The SMILES string of the molecule is O=C(O)CN(Cc1ccn(-c2cccc(-n3ccc(CN(CC(=O)O)C[P+]([O-])([O-])[O-])n3)n2)n1)C[P+]([O-])([O-])[O-]. The fraction of sp³-hybridized carbons (Fsp3) is 0.316. The molecule has 0 atom stereocenters. The lowest BCUT2D eigenvalue weighted by Crippen LogP contribution is -2.43. The van der Waals surface area contributed by atoms with E-state index in [1.54, 1.807) is 18.2 Å². The number of rotatable bonds is 14. The van der Waals surface area contributed by atoms with Crippen LogP contribution in [0.5, 0.6) is 0 Å². The van der Waals surface area contributed by atoms with Gasteiger partial charge in [-0.1, -0.05) is 6.07 Å². The van der Waals surface area contributed by atoms with Gasteiger partial charge in [-0.2, -0.15) is 10.2 Å². The van der Waals surface area contributed by atoms with Crippen LogP contribution in [-0.2, 0) is 22.7 Å². The van der Waals surface area contributed by atoms with Crippen LogP contribution >= 0.6 is 15.9 Å². The van der Waals surface area contributed by atoms with Gasteiger partial charge in [0.25, 0.3) is 0 Å². The summed E-state index contributed by atoms with van der Waals surface area (Å²) in [6, 6.07) is 7.81. The first-order valence-electron chi connectivity index (χ1n) is 10.6. The van der Waals surface area contributed by atoms with Crippen molar-refractivity contribution in [1.29, 1.82) is 0 Å². The third-order valence-corrected chi connectivity index (χ3v) is 6.21.